The average Bonchev–Trinajstić information content (AvgIpc) is 2.27. The van der Waals surface area contributed by atoms with Gasteiger partial charge in [0.25, 0.3) is 0 Å². The topological polar surface area (TPSA) is 35.2 Å². The molecule has 0 bridgehead atoms. The molecule has 0 saturated heterocycles. The van der Waals surface area contributed by atoms with Gasteiger partial charge in [0.05, 0.1) is 6.61 Å². The Balaban J connectivity index is 2.61. The molecule has 0 aromatic carbocycles. The summed E-state index contributed by atoms with van der Waals surface area (Å²) in [6.07, 6.45) is 6.12. The Morgan fingerprint density at radius 2 is 1.87 bits per heavy atom. The largest absolute Gasteiger partial charge is 0.384 e. The Bertz CT molecular complexity index is 203. The minimum absolute atomic E-state index is 0.00375. The molecule has 1 fully saturated rings. The van der Waals surface area contributed by atoms with Crippen LogP contribution in [0.3, 0.4) is 0 Å². The fraction of sp³-hybridized carbons (Fsp3) is 1.00. The molecular formula is C13H27NO. The van der Waals surface area contributed by atoms with Crippen LogP contribution in [0.4, 0.5) is 0 Å². The van der Waals surface area contributed by atoms with Gasteiger partial charge in [0.2, 0.25) is 0 Å². The summed E-state index contributed by atoms with van der Waals surface area (Å²) in [5.41, 5.74) is 7.01. The molecule has 15 heavy (non-hydrogen) atoms. The minimum atomic E-state index is 0.00375. The van der Waals surface area contributed by atoms with Crippen molar-refractivity contribution in [3.05, 3.63) is 0 Å². The highest BCUT2D eigenvalue weighted by Crippen LogP contribution is 2.39. The third-order valence-corrected chi connectivity index (χ3v) is 4.16. The van der Waals surface area contributed by atoms with E-state index in [9.17, 15) is 0 Å². The van der Waals surface area contributed by atoms with E-state index >= 15 is 0 Å². The van der Waals surface area contributed by atoms with Crippen molar-refractivity contribution in [1.29, 1.82) is 0 Å². The third-order valence-electron chi connectivity index (χ3n) is 4.16. The van der Waals surface area contributed by atoms with Crippen LogP contribution in [-0.4, -0.2) is 19.3 Å². The van der Waals surface area contributed by atoms with E-state index in [4.69, 9.17) is 10.5 Å². The van der Waals surface area contributed by atoms with Crippen molar-refractivity contribution < 1.29 is 4.74 Å². The fourth-order valence-corrected chi connectivity index (χ4v) is 2.63. The van der Waals surface area contributed by atoms with Crippen molar-refractivity contribution in [3.8, 4) is 0 Å². The van der Waals surface area contributed by atoms with Crippen LogP contribution in [0.2, 0.25) is 0 Å². The normalized spacial score (nSPS) is 33.4. The summed E-state index contributed by atoms with van der Waals surface area (Å²) >= 11 is 0. The first-order valence-electron chi connectivity index (χ1n) is 6.17. The number of rotatable bonds is 3. The molecule has 2 heteroatoms. The van der Waals surface area contributed by atoms with Gasteiger partial charge in [-0.2, -0.15) is 0 Å². The molecule has 2 atom stereocenters. The van der Waals surface area contributed by atoms with Gasteiger partial charge in [-0.15, -0.1) is 0 Å². The van der Waals surface area contributed by atoms with Crippen molar-refractivity contribution in [3.63, 3.8) is 0 Å². The zero-order chi connectivity index (χ0) is 11.5. The highest BCUT2D eigenvalue weighted by atomic mass is 16.5. The van der Waals surface area contributed by atoms with Crippen LogP contribution in [0.5, 0.6) is 0 Å². The molecular weight excluding hydrogens is 186 g/mol. The minimum Gasteiger partial charge on any atom is -0.384 e. The molecule has 0 amide bonds. The molecule has 0 aliphatic heterocycles. The molecule has 90 valence electrons. The highest BCUT2D eigenvalue weighted by molar-refractivity contribution is 4.93. The summed E-state index contributed by atoms with van der Waals surface area (Å²) in [6.45, 7) is 7.73. The molecule has 0 radical (unpaired) electrons. The summed E-state index contributed by atoms with van der Waals surface area (Å²) in [6, 6.07) is 0. The Morgan fingerprint density at radius 1 is 1.20 bits per heavy atom. The molecule has 1 aliphatic rings. The smallest absolute Gasteiger partial charge is 0.0505 e. The second kappa shape index (κ2) is 4.84. The molecule has 0 spiro atoms. The van der Waals surface area contributed by atoms with E-state index in [1.807, 2.05) is 0 Å². The Labute approximate surface area is 94.6 Å². The van der Waals surface area contributed by atoms with Crippen molar-refractivity contribution >= 4 is 0 Å². The highest BCUT2D eigenvalue weighted by Gasteiger charge is 2.36. The van der Waals surface area contributed by atoms with Crippen LogP contribution < -0.4 is 5.73 Å². The lowest BCUT2D eigenvalue weighted by atomic mass is 9.78. The van der Waals surface area contributed by atoms with Crippen LogP contribution in [-0.2, 0) is 4.74 Å². The van der Waals surface area contributed by atoms with E-state index in [-0.39, 0.29) is 5.54 Å². The number of ether oxygens (including phenoxy) is 1. The van der Waals surface area contributed by atoms with E-state index in [1.54, 1.807) is 7.11 Å². The van der Waals surface area contributed by atoms with Gasteiger partial charge < -0.3 is 10.5 Å². The first kappa shape index (κ1) is 13.0. The monoisotopic (exact) mass is 213 g/mol. The molecule has 2 unspecified atom stereocenters. The maximum atomic E-state index is 6.53. The van der Waals surface area contributed by atoms with Gasteiger partial charge >= 0.3 is 0 Å². The van der Waals surface area contributed by atoms with E-state index in [0.29, 0.717) is 11.3 Å². The Kier molecular flexibility index (Phi) is 4.19. The maximum Gasteiger partial charge on any atom is 0.0505 e. The molecule has 1 rings (SSSR count). The summed E-state index contributed by atoms with van der Waals surface area (Å²) in [5.74, 6) is 0.469. The molecule has 2 nitrogen and oxygen atoms in total. The van der Waals surface area contributed by atoms with Crippen LogP contribution in [0.15, 0.2) is 0 Å². The first-order chi connectivity index (χ1) is 6.90. The molecule has 0 aromatic rings. The van der Waals surface area contributed by atoms with Gasteiger partial charge in [0, 0.05) is 12.6 Å². The summed E-state index contributed by atoms with van der Waals surface area (Å²) in [4.78, 5) is 0. The second-order valence-corrected chi connectivity index (χ2v) is 6.11. The molecule has 0 heterocycles. The van der Waals surface area contributed by atoms with E-state index in [0.717, 1.165) is 19.4 Å². The van der Waals surface area contributed by atoms with E-state index < -0.39 is 0 Å². The zero-order valence-corrected chi connectivity index (χ0v) is 10.8. The van der Waals surface area contributed by atoms with Gasteiger partial charge in [-0.05, 0) is 37.0 Å². The average molecular weight is 213 g/mol. The lowest BCUT2D eigenvalue weighted by Gasteiger charge is -2.35. The first-order valence-corrected chi connectivity index (χ1v) is 6.17. The van der Waals surface area contributed by atoms with Gasteiger partial charge in [-0.1, -0.05) is 27.2 Å². The zero-order valence-electron chi connectivity index (χ0n) is 10.8. The van der Waals surface area contributed by atoms with Crippen molar-refractivity contribution in [2.75, 3.05) is 13.7 Å². The number of nitrogens with two attached hydrogens (primary N) is 1. The number of hydrogen-bond donors (Lipinski definition) is 1. The lowest BCUT2D eigenvalue weighted by Crippen LogP contribution is -2.47. The van der Waals surface area contributed by atoms with Crippen molar-refractivity contribution in [2.24, 2.45) is 17.1 Å². The van der Waals surface area contributed by atoms with Gasteiger partial charge in [0.15, 0.2) is 0 Å². The van der Waals surface area contributed by atoms with E-state index in [1.165, 1.54) is 19.3 Å². The van der Waals surface area contributed by atoms with Crippen LogP contribution in [0.25, 0.3) is 0 Å². The van der Waals surface area contributed by atoms with Gasteiger partial charge in [-0.25, -0.2) is 0 Å². The van der Waals surface area contributed by atoms with Gasteiger partial charge in [0.1, 0.15) is 0 Å². The molecule has 1 aliphatic carbocycles. The number of methoxy groups -OCH3 is 1. The predicted octanol–water partition coefficient (Wildman–Crippen LogP) is 2.96. The summed E-state index contributed by atoms with van der Waals surface area (Å²) < 4.78 is 5.23. The maximum absolute atomic E-state index is 6.53. The number of hydrogen-bond acceptors (Lipinski definition) is 2. The quantitative estimate of drug-likeness (QED) is 0.732. The van der Waals surface area contributed by atoms with Crippen LogP contribution in [0.1, 0.15) is 52.9 Å². The van der Waals surface area contributed by atoms with Crippen molar-refractivity contribution in [2.45, 2.75) is 58.4 Å². The third kappa shape index (κ3) is 3.46. The van der Waals surface area contributed by atoms with E-state index in [2.05, 4.69) is 20.8 Å². The second-order valence-electron chi connectivity index (χ2n) is 6.11. The molecule has 1 saturated carbocycles. The molecule has 0 aromatic heterocycles. The fourth-order valence-electron chi connectivity index (χ4n) is 2.63. The lowest BCUT2D eigenvalue weighted by molar-refractivity contribution is 0.105. The Hall–Kier alpha value is -0.0800. The summed E-state index contributed by atoms with van der Waals surface area (Å²) in [7, 11) is 1.76. The SMILES string of the molecule is COCC(C)C1(N)CCCC(C)(C)CC1. The Morgan fingerprint density at radius 3 is 2.47 bits per heavy atom. The summed E-state index contributed by atoms with van der Waals surface area (Å²) in [5, 5.41) is 0. The van der Waals surface area contributed by atoms with Crippen LogP contribution >= 0.6 is 0 Å². The molecule has 2 N–H and O–H groups in total. The van der Waals surface area contributed by atoms with Crippen molar-refractivity contribution in [1.82, 2.24) is 0 Å². The standard InChI is InChI=1S/C13H27NO/c1-11(10-15-4)13(14)7-5-6-12(2,3)8-9-13/h11H,5-10,14H2,1-4H3. The predicted molar refractivity (Wildman–Crippen MR) is 64.8 cm³/mol. The van der Waals surface area contributed by atoms with Gasteiger partial charge in [-0.3, -0.25) is 0 Å². The van der Waals surface area contributed by atoms with Crippen LogP contribution in [0, 0.1) is 11.3 Å².